The van der Waals surface area contributed by atoms with Gasteiger partial charge in [0.2, 0.25) is 0 Å². The van der Waals surface area contributed by atoms with Gasteiger partial charge in [0.05, 0.1) is 5.01 Å². The van der Waals surface area contributed by atoms with Crippen molar-refractivity contribution in [2.24, 2.45) is 5.73 Å². The molecule has 4 nitrogen and oxygen atoms in total. The van der Waals surface area contributed by atoms with Gasteiger partial charge in [-0.25, -0.2) is 4.98 Å². The first-order chi connectivity index (χ1) is 6.52. The highest BCUT2D eigenvalue weighted by atomic mass is 32.1. The molecular weight excluding hydrogens is 200 g/mol. The van der Waals surface area contributed by atoms with E-state index in [4.69, 9.17) is 5.73 Å². The molecule has 0 aromatic carbocycles. The standard InChI is InChI=1S/C6H6N2O2S.C3H8.H2/c1-3-8-4(2-11-3)5(9)6(7)10;1-3-2;/h2H,1H3,(H2,7,10);3H2,1-2H3;1H. The molecule has 0 fully saturated rings. The summed E-state index contributed by atoms with van der Waals surface area (Å²) in [7, 11) is 0. The van der Waals surface area contributed by atoms with Crippen LogP contribution in [0.15, 0.2) is 5.38 Å². The van der Waals surface area contributed by atoms with Crippen LogP contribution in [-0.4, -0.2) is 16.7 Å². The van der Waals surface area contributed by atoms with Gasteiger partial charge in [-0.3, -0.25) is 9.59 Å². The third kappa shape index (κ3) is 4.13. The number of thiazole rings is 1. The highest BCUT2D eigenvalue weighted by Gasteiger charge is 2.14. The van der Waals surface area contributed by atoms with Crippen molar-refractivity contribution in [1.82, 2.24) is 4.98 Å². The predicted octanol–water partition coefficient (Wildman–Crippen LogP) is 1.78. The van der Waals surface area contributed by atoms with Crippen molar-refractivity contribution in [3.63, 3.8) is 0 Å². The smallest absolute Gasteiger partial charge is 0.291 e. The van der Waals surface area contributed by atoms with Crippen LogP contribution in [0.4, 0.5) is 0 Å². The molecule has 1 amide bonds. The van der Waals surface area contributed by atoms with Crippen LogP contribution >= 0.6 is 11.3 Å². The lowest BCUT2D eigenvalue weighted by atomic mass is 10.3. The fraction of sp³-hybridized carbons (Fsp3) is 0.444. The molecule has 1 aromatic rings. The number of hydrogen-bond acceptors (Lipinski definition) is 4. The molecule has 0 saturated heterocycles. The Morgan fingerprint density at radius 2 is 2.07 bits per heavy atom. The predicted molar refractivity (Wildman–Crippen MR) is 58.5 cm³/mol. The zero-order valence-electron chi connectivity index (χ0n) is 8.53. The largest absolute Gasteiger partial charge is 0.363 e. The van der Waals surface area contributed by atoms with E-state index in [1.807, 2.05) is 0 Å². The highest BCUT2D eigenvalue weighted by molar-refractivity contribution is 7.09. The minimum absolute atomic E-state index is 0. The van der Waals surface area contributed by atoms with E-state index in [0.717, 1.165) is 5.01 Å². The minimum atomic E-state index is -0.963. The molecule has 5 heteroatoms. The lowest BCUT2D eigenvalue weighted by molar-refractivity contribution is -0.114. The SMILES string of the molecule is CCC.Cc1nc(C(=O)C(N)=O)cs1.[HH]. The third-order valence-corrected chi connectivity index (χ3v) is 1.85. The molecule has 0 radical (unpaired) electrons. The van der Waals surface area contributed by atoms with Crippen molar-refractivity contribution in [1.29, 1.82) is 0 Å². The molecule has 2 N–H and O–H groups in total. The van der Waals surface area contributed by atoms with Crippen LogP contribution in [0.3, 0.4) is 0 Å². The van der Waals surface area contributed by atoms with E-state index < -0.39 is 11.7 Å². The lowest BCUT2D eigenvalue weighted by Gasteiger charge is -1.86. The summed E-state index contributed by atoms with van der Waals surface area (Å²) in [6.45, 7) is 6.00. The molecule has 0 bridgehead atoms. The van der Waals surface area contributed by atoms with Crippen LogP contribution in [0.5, 0.6) is 0 Å². The van der Waals surface area contributed by atoms with Gasteiger partial charge in [0.25, 0.3) is 11.7 Å². The van der Waals surface area contributed by atoms with Crippen LogP contribution in [-0.2, 0) is 4.79 Å². The first-order valence-electron chi connectivity index (χ1n) is 4.29. The minimum Gasteiger partial charge on any atom is -0.363 e. The maximum Gasteiger partial charge on any atom is 0.291 e. The van der Waals surface area contributed by atoms with Gasteiger partial charge < -0.3 is 5.73 Å². The fourth-order valence-corrected chi connectivity index (χ4v) is 1.19. The Labute approximate surface area is 88.6 Å². The number of primary amides is 1. The molecular formula is C9H16N2O2S. The van der Waals surface area contributed by atoms with Crippen molar-refractivity contribution in [2.45, 2.75) is 27.2 Å². The van der Waals surface area contributed by atoms with Crippen LogP contribution in [0, 0.1) is 6.92 Å². The molecule has 80 valence electrons. The average Bonchev–Trinajstić information content (AvgIpc) is 2.51. The number of nitrogens with two attached hydrogens (primary N) is 1. The summed E-state index contributed by atoms with van der Waals surface area (Å²) in [5, 5.41) is 2.26. The maximum absolute atomic E-state index is 10.8. The normalized spacial score (nSPS) is 8.79. The Kier molecular flexibility index (Phi) is 5.71. The van der Waals surface area contributed by atoms with E-state index in [9.17, 15) is 9.59 Å². The maximum atomic E-state index is 10.8. The Bertz CT molecular complexity index is 326. The number of hydrogen-bond donors (Lipinski definition) is 1. The Morgan fingerprint density at radius 3 is 2.36 bits per heavy atom. The van der Waals surface area contributed by atoms with Crippen LogP contribution in [0.2, 0.25) is 0 Å². The van der Waals surface area contributed by atoms with E-state index in [1.54, 1.807) is 6.92 Å². The average molecular weight is 216 g/mol. The number of aryl methyl sites for hydroxylation is 1. The Balaban J connectivity index is 0. The number of carbonyl (C=O) groups excluding carboxylic acids is 2. The highest BCUT2D eigenvalue weighted by Crippen LogP contribution is 2.07. The summed E-state index contributed by atoms with van der Waals surface area (Å²) in [5.41, 5.74) is 4.89. The molecule has 0 spiro atoms. The second-order valence-electron chi connectivity index (χ2n) is 2.65. The first kappa shape index (κ1) is 12.8. The first-order valence-corrected chi connectivity index (χ1v) is 5.17. The third-order valence-electron chi connectivity index (χ3n) is 1.08. The van der Waals surface area contributed by atoms with Crippen molar-refractivity contribution in [2.75, 3.05) is 0 Å². The molecule has 1 aromatic heterocycles. The Hall–Kier alpha value is -1.23. The fourth-order valence-electron chi connectivity index (χ4n) is 0.594. The van der Waals surface area contributed by atoms with Crippen molar-refractivity contribution < 1.29 is 11.0 Å². The van der Waals surface area contributed by atoms with Gasteiger partial charge in [0.1, 0.15) is 5.69 Å². The van der Waals surface area contributed by atoms with Gasteiger partial charge in [0.15, 0.2) is 0 Å². The number of ketones is 1. The van der Waals surface area contributed by atoms with Gasteiger partial charge in [-0.2, -0.15) is 0 Å². The molecule has 1 heterocycles. The molecule has 0 aliphatic heterocycles. The van der Waals surface area contributed by atoms with Gasteiger partial charge in [-0.1, -0.05) is 20.3 Å². The van der Waals surface area contributed by atoms with Gasteiger partial charge in [0, 0.05) is 6.81 Å². The van der Waals surface area contributed by atoms with E-state index in [1.165, 1.54) is 23.1 Å². The van der Waals surface area contributed by atoms with Crippen LogP contribution in [0.25, 0.3) is 0 Å². The molecule has 1 rings (SSSR count). The molecule has 0 atom stereocenters. The second-order valence-corrected chi connectivity index (χ2v) is 3.71. The summed E-state index contributed by atoms with van der Waals surface area (Å²) in [6.07, 6.45) is 1.25. The van der Waals surface area contributed by atoms with E-state index in [-0.39, 0.29) is 7.12 Å². The van der Waals surface area contributed by atoms with Gasteiger partial charge in [-0.15, -0.1) is 11.3 Å². The zero-order valence-corrected chi connectivity index (χ0v) is 9.35. The number of Topliss-reactive ketones (excluding diaryl/α,β-unsaturated/α-hetero) is 1. The second kappa shape index (κ2) is 6.26. The topological polar surface area (TPSA) is 73.1 Å². The van der Waals surface area contributed by atoms with E-state index in [2.05, 4.69) is 18.8 Å². The van der Waals surface area contributed by atoms with Crippen molar-refractivity contribution in [3.05, 3.63) is 16.1 Å². The van der Waals surface area contributed by atoms with Crippen molar-refractivity contribution >= 4 is 23.0 Å². The summed E-state index contributed by atoms with van der Waals surface area (Å²) in [5.74, 6) is -1.69. The van der Waals surface area contributed by atoms with Gasteiger partial charge in [-0.05, 0) is 6.92 Å². The molecule has 14 heavy (non-hydrogen) atoms. The zero-order chi connectivity index (χ0) is 11.1. The summed E-state index contributed by atoms with van der Waals surface area (Å²) in [4.78, 5) is 25.0. The van der Waals surface area contributed by atoms with Crippen molar-refractivity contribution in [3.8, 4) is 0 Å². The van der Waals surface area contributed by atoms with Crippen LogP contribution in [0.1, 0.15) is 37.2 Å². The Morgan fingerprint density at radius 1 is 1.57 bits per heavy atom. The summed E-state index contributed by atoms with van der Waals surface area (Å²) in [6, 6.07) is 0. The number of rotatable bonds is 2. The number of aromatic nitrogens is 1. The number of carbonyl (C=O) groups is 2. The van der Waals surface area contributed by atoms with E-state index >= 15 is 0 Å². The van der Waals surface area contributed by atoms with Crippen LogP contribution < -0.4 is 5.73 Å². The molecule has 0 aliphatic rings. The monoisotopic (exact) mass is 216 g/mol. The molecule has 0 saturated carbocycles. The number of nitrogens with zero attached hydrogens (tertiary/aromatic N) is 1. The summed E-state index contributed by atoms with van der Waals surface area (Å²) >= 11 is 1.31. The van der Waals surface area contributed by atoms with Gasteiger partial charge >= 0.3 is 0 Å². The quantitative estimate of drug-likeness (QED) is 0.605. The number of amides is 1. The lowest BCUT2D eigenvalue weighted by Crippen LogP contribution is -2.23. The summed E-state index contributed by atoms with van der Waals surface area (Å²) < 4.78 is 0. The van der Waals surface area contributed by atoms with E-state index in [0.29, 0.717) is 0 Å². The molecule has 0 unspecified atom stereocenters. The molecule has 0 aliphatic carbocycles.